The number of hydrogen-bond acceptors (Lipinski definition) is 2. The van der Waals surface area contributed by atoms with E-state index in [9.17, 15) is 0 Å². The molecule has 0 fully saturated rings. The zero-order chi connectivity index (χ0) is 13.7. The molecule has 2 heteroatoms. The standard InChI is InChI=1S/C16H20N2/c1-5-11(2)6-7-12(3)15-9-14(10-17)16(18)8-13(15)4/h5-10,17H,1,18H2,2-4H3/b11-6+,12-7+,17-10?. The fourth-order valence-electron chi connectivity index (χ4n) is 1.71. The molecular weight excluding hydrogens is 220 g/mol. The molecule has 0 aliphatic heterocycles. The molecule has 0 atom stereocenters. The molecule has 0 bridgehead atoms. The van der Waals surface area contributed by atoms with Crippen LogP contribution in [0.4, 0.5) is 5.69 Å². The van der Waals surface area contributed by atoms with E-state index >= 15 is 0 Å². The number of nitrogen functional groups attached to an aromatic ring is 1. The average molecular weight is 240 g/mol. The Kier molecular flexibility index (Phi) is 4.67. The largest absolute Gasteiger partial charge is 0.398 e. The summed E-state index contributed by atoms with van der Waals surface area (Å²) in [4.78, 5) is 0. The molecule has 18 heavy (non-hydrogen) atoms. The van der Waals surface area contributed by atoms with Crippen LogP contribution in [0.2, 0.25) is 0 Å². The molecule has 0 aromatic heterocycles. The third-order valence-electron chi connectivity index (χ3n) is 2.93. The highest BCUT2D eigenvalue weighted by molar-refractivity contribution is 5.87. The van der Waals surface area contributed by atoms with Gasteiger partial charge in [0.2, 0.25) is 0 Å². The first kappa shape index (κ1) is 14.0. The van der Waals surface area contributed by atoms with E-state index in [0.717, 1.165) is 27.8 Å². The molecular formula is C16H20N2. The summed E-state index contributed by atoms with van der Waals surface area (Å²) in [5.74, 6) is 0. The van der Waals surface area contributed by atoms with Gasteiger partial charge in [0.25, 0.3) is 0 Å². The fraction of sp³-hybridized carbons (Fsp3) is 0.188. The zero-order valence-electron chi connectivity index (χ0n) is 11.2. The summed E-state index contributed by atoms with van der Waals surface area (Å²) in [6.45, 7) is 9.82. The average Bonchev–Trinajstić information content (AvgIpc) is 2.35. The molecule has 94 valence electrons. The van der Waals surface area contributed by atoms with Gasteiger partial charge in [0.05, 0.1) is 0 Å². The van der Waals surface area contributed by atoms with Crippen LogP contribution in [0.25, 0.3) is 5.57 Å². The van der Waals surface area contributed by atoms with Crippen LogP contribution < -0.4 is 5.73 Å². The van der Waals surface area contributed by atoms with Gasteiger partial charge in [0.1, 0.15) is 0 Å². The van der Waals surface area contributed by atoms with Gasteiger partial charge in [-0.3, -0.25) is 0 Å². The fourth-order valence-corrected chi connectivity index (χ4v) is 1.71. The lowest BCUT2D eigenvalue weighted by Crippen LogP contribution is -1.97. The maximum atomic E-state index is 7.34. The number of nitrogens with two attached hydrogens (primary N) is 1. The van der Waals surface area contributed by atoms with E-state index in [2.05, 4.69) is 19.6 Å². The van der Waals surface area contributed by atoms with Crippen LogP contribution in [-0.2, 0) is 0 Å². The molecule has 0 aliphatic carbocycles. The summed E-state index contributed by atoms with van der Waals surface area (Å²) in [7, 11) is 0. The van der Waals surface area contributed by atoms with E-state index in [4.69, 9.17) is 11.1 Å². The summed E-state index contributed by atoms with van der Waals surface area (Å²) in [5, 5.41) is 7.34. The smallest absolute Gasteiger partial charge is 0.0406 e. The van der Waals surface area contributed by atoms with Gasteiger partial charge in [-0.15, -0.1) is 0 Å². The van der Waals surface area contributed by atoms with Crippen molar-refractivity contribution in [1.82, 2.24) is 0 Å². The van der Waals surface area contributed by atoms with Crippen molar-refractivity contribution >= 4 is 17.5 Å². The Bertz CT molecular complexity index is 534. The minimum absolute atomic E-state index is 0.650. The number of nitrogens with one attached hydrogen (secondary N) is 1. The minimum Gasteiger partial charge on any atom is -0.398 e. The minimum atomic E-state index is 0.650. The molecule has 2 nitrogen and oxygen atoms in total. The number of hydrogen-bond donors (Lipinski definition) is 2. The predicted molar refractivity (Wildman–Crippen MR) is 81.1 cm³/mol. The van der Waals surface area contributed by atoms with Crippen LogP contribution in [0.15, 0.2) is 42.5 Å². The van der Waals surface area contributed by atoms with Gasteiger partial charge in [-0.25, -0.2) is 0 Å². The van der Waals surface area contributed by atoms with E-state index in [0.29, 0.717) is 5.69 Å². The summed E-state index contributed by atoms with van der Waals surface area (Å²) < 4.78 is 0. The first-order valence-electron chi connectivity index (χ1n) is 5.88. The molecule has 0 unspecified atom stereocenters. The third-order valence-corrected chi connectivity index (χ3v) is 2.93. The Morgan fingerprint density at radius 2 is 1.94 bits per heavy atom. The van der Waals surface area contributed by atoms with Gasteiger partial charge in [-0.2, -0.15) is 0 Å². The third kappa shape index (κ3) is 3.20. The van der Waals surface area contributed by atoms with Gasteiger partial charge in [0.15, 0.2) is 0 Å². The number of benzene rings is 1. The van der Waals surface area contributed by atoms with E-state index in [1.54, 1.807) is 0 Å². The van der Waals surface area contributed by atoms with Gasteiger partial charge < -0.3 is 11.1 Å². The SMILES string of the molecule is C=C/C(C)=C/C=C(\C)c1cc(C=N)c(N)cc1C. The molecule has 1 aromatic rings. The Morgan fingerprint density at radius 1 is 1.28 bits per heavy atom. The van der Waals surface area contributed by atoms with Crippen LogP contribution in [0.1, 0.15) is 30.5 Å². The van der Waals surface area contributed by atoms with Crippen LogP contribution in [0, 0.1) is 12.3 Å². The Balaban J connectivity index is 3.24. The highest BCUT2D eigenvalue weighted by atomic mass is 14.6. The predicted octanol–water partition coefficient (Wildman–Crippen LogP) is 4.11. The molecule has 1 aromatic carbocycles. The topological polar surface area (TPSA) is 49.9 Å². The van der Waals surface area contributed by atoms with Crippen molar-refractivity contribution in [2.75, 3.05) is 5.73 Å². The maximum Gasteiger partial charge on any atom is 0.0406 e. The molecule has 0 aliphatic rings. The number of anilines is 1. The second kappa shape index (κ2) is 6.01. The summed E-state index contributed by atoms with van der Waals surface area (Å²) in [6, 6.07) is 3.87. The van der Waals surface area contributed by atoms with E-state index in [-0.39, 0.29) is 0 Å². The lowest BCUT2D eigenvalue weighted by Gasteiger charge is -2.09. The summed E-state index contributed by atoms with van der Waals surface area (Å²) in [5.41, 5.74) is 11.8. The lowest BCUT2D eigenvalue weighted by atomic mass is 9.97. The first-order valence-corrected chi connectivity index (χ1v) is 5.88. The van der Waals surface area contributed by atoms with E-state index < -0.39 is 0 Å². The molecule has 1 rings (SSSR count). The molecule has 0 saturated heterocycles. The quantitative estimate of drug-likeness (QED) is 0.464. The van der Waals surface area contributed by atoms with Crippen molar-refractivity contribution in [1.29, 1.82) is 5.41 Å². The molecule has 0 heterocycles. The van der Waals surface area contributed by atoms with Gasteiger partial charge in [-0.1, -0.05) is 30.4 Å². The van der Waals surface area contributed by atoms with Crippen molar-refractivity contribution in [3.05, 3.63) is 59.2 Å². The van der Waals surface area contributed by atoms with Gasteiger partial charge >= 0.3 is 0 Å². The van der Waals surface area contributed by atoms with Crippen LogP contribution >= 0.6 is 0 Å². The molecule has 0 spiro atoms. The van der Waals surface area contributed by atoms with Crippen molar-refractivity contribution < 1.29 is 0 Å². The van der Waals surface area contributed by atoms with Gasteiger partial charge in [-0.05, 0) is 49.6 Å². The molecule has 0 saturated carbocycles. The van der Waals surface area contributed by atoms with Crippen molar-refractivity contribution in [3.8, 4) is 0 Å². The molecule has 0 radical (unpaired) electrons. The number of aryl methyl sites for hydroxylation is 1. The second-order valence-electron chi connectivity index (χ2n) is 4.40. The Labute approximate surface area is 109 Å². The summed E-state index contributed by atoms with van der Waals surface area (Å²) >= 11 is 0. The first-order chi connectivity index (χ1) is 8.49. The van der Waals surface area contributed by atoms with E-state index in [1.165, 1.54) is 6.21 Å². The Morgan fingerprint density at radius 3 is 2.50 bits per heavy atom. The maximum absolute atomic E-state index is 7.34. The number of rotatable bonds is 4. The Hall–Kier alpha value is -2.09. The summed E-state index contributed by atoms with van der Waals surface area (Å²) in [6.07, 6.45) is 7.20. The van der Waals surface area contributed by atoms with Crippen molar-refractivity contribution in [2.24, 2.45) is 0 Å². The molecule has 3 N–H and O–H groups in total. The lowest BCUT2D eigenvalue weighted by molar-refractivity contribution is 1.39. The van der Waals surface area contributed by atoms with E-state index in [1.807, 2.05) is 38.1 Å². The highest BCUT2D eigenvalue weighted by Crippen LogP contribution is 2.23. The zero-order valence-corrected chi connectivity index (χ0v) is 11.2. The van der Waals surface area contributed by atoms with Crippen molar-refractivity contribution in [3.63, 3.8) is 0 Å². The van der Waals surface area contributed by atoms with Crippen molar-refractivity contribution in [2.45, 2.75) is 20.8 Å². The van der Waals surface area contributed by atoms with Crippen LogP contribution in [0.5, 0.6) is 0 Å². The van der Waals surface area contributed by atoms with Crippen LogP contribution in [-0.4, -0.2) is 6.21 Å². The normalized spacial score (nSPS) is 12.4. The number of allylic oxidation sites excluding steroid dienone is 5. The molecule has 0 amide bonds. The van der Waals surface area contributed by atoms with Gasteiger partial charge in [0, 0.05) is 17.5 Å². The monoisotopic (exact) mass is 240 g/mol. The van der Waals surface area contributed by atoms with Crippen LogP contribution in [0.3, 0.4) is 0 Å². The highest BCUT2D eigenvalue weighted by Gasteiger charge is 2.04. The second-order valence-corrected chi connectivity index (χ2v) is 4.40.